The molecule has 0 amide bonds. The zero-order chi connectivity index (χ0) is 11.7. The van der Waals surface area contributed by atoms with E-state index in [2.05, 4.69) is 19.9 Å². The number of sulfonamides is 1. The Balaban J connectivity index is 2.73. The van der Waals surface area contributed by atoms with Gasteiger partial charge in [0, 0.05) is 0 Å². The minimum atomic E-state index is -3.37. The van der Waals surface area contributed by atoms with Crippen LogP contribution < -0.4 is 4.72 Å². The van der Waals surface area contributed by atoms with Crippen LogP contribution in [0.2, 0.25) is 0 Å². The smallest absolute Gasteiger partial charge is 0.255 e. The molecule has 7 heteroatoms. The highest BCUT2D eigenvalue weighted by molar-refractivity contribution is 7.92. The molecule has 0 aliphatic rings. The van der Waals surface area contributed by atoms with Gasteiger partial charge in [0.25, 0.3) is 5.95 Å². The summed E-state index contributed by atoms with van der Waals surface area (Å²) in [5.74, 6) is 0.702. The van der Waals surface area contributed by atoms with Crippen molar-refractivity contribution in [2.24, 2.45) is 5.41 Å². The molecule has 0 atom stereocenters. The summed E-state index contributed by atoms with van der Waals surface area (Å²) in [4.78, 5) is 3.87. The third kappa shape index (κ3) is 4.28. The molecule has 0 bridgehead atoms. The van der Waals surface area contributed by atoms with Gasteiger partial charge in [-0.1, -0.05) is 20.8 Å². The molecule has 0 fully saturated rings. The van der Waals surface area contributed by atoms with Crippen LogP contribution >= 0.6 is 0 Å². The average molecular weight is 232 g/mol. The zero-order valence-electron chi connectivity index (χ0n) is 9.33. The van der Waals surface area contributed by atoms with Gasteiger partial charge >= 0.3 is 0 Å². The molecule has 15 heavy (non-hydrogen) atoms. The van der Waals surface area contributed by atoms with Gasteiger partial charge in [0.05, 0.1) is 5.75 Å². The number of hydrogen-bond donors (Lipinski definition) is 2. The first-order chi connectivity index (χ1) is 6.68. The summed E-state index contributed by atoms with van der Waals surface area (Å²) in [6.07, 6.45) is 0. The van der Waals surface area contributed by atoms with Gasteiger partial charge in [0.2, 0.25) is 10.0 Å². The fourth-order valence-corrected chi connectivity index (χ4v) is 2.72. The SMILES string of the molecule is Cc1nc(NS(=O)(=O)CC(C)(C)C)n[nH]1. The Kier molecular flexibility index (Phi) is 3.03. The molecule has 0 aliphatic carbocycles. The molecular formula is C8H16N4O2S. The Morgan fingerprint density at radius 2 is 2.00 bits per heavy atom. The largest absolute Gasteiger partial charge is 0.261 e. The average Bonchev–Trinajstić information content (AvgIpc) is 2.27. The van der Waals surface area contributed by atoms with Crippen LogP contribution in [0.1, 0.15) is 26.6 Å². The number of aromatic amines is 1. The molecular weight excluding hydrogens is 216 g/mol. The fourth-order valence-electron chi connectivity index (χ4n) is 1.13. The third-order valence-electron chi connectivity index (χ3n) is 1.47. The number of H-pyrrole nitrogens is 1. The molecule has 0 saturated carbocycles. The van der Waals surface area contributed by atoms with E-state index in [-0.39, 0.29) is 17.1 Å². The Morgan fingerprint density at radius 1 is 1.40 bits per heavy atom. The van der Waals surface area contributed by atoms with Crippen LogP contribution in [0.5, 0.6) is 0 Å². The number of nitrogens with one attached hydrogen (secondary N) is 2. The molecule has 0 radical (unpaired) electrons. The standard InChI is InChI=1S/C8H16N4O2S/c1-6-9-7(11-10-6)12-15(13,14)5-8(2,3)4/h5H2,1-4H3,(H2,9,10,11,12). The highest BCUT2D eigenvalue weighted by atomic mass is 32.2. The van der Waals surface area contributed by atoms with Crippen LogP contribution in [0.3, 0.4) is 0 Å². The number of nitrogens with zero attached hydrogens (tertiary/aromatic N) is 2. The Bertz CT molecular complexity index is 430. The van der Waals surface area contributed by atoms with Crippen molar-refractivity contribution in [3.05, 3.63) is 5.82 Å². The quantitative estimate of drug-likeness (QED) is 0.810. The van der Waals surface area contributed by atoms with Gasteiger partial charge in [-0.3, -0.25) is 5.10 Å². The highest BCUT2D eigenvalue weighted by Crippen LogP contribution is 2.16. The molecule has 0 aromatic carbocycles. The summed E-state index contributed by atoms with van der Waals surface area (Å²) in [7, 11) is -3.37. The van der Waals surface area contributed by atoms with Crippen molar-refractivity contribution in [2.45, 2.75) is 27.7 Å². The number of aryl methyl sites for hydroxylation is 1. The van der Waals surface area contributed by atoms with E-state index >= 15 is 0 Å². The lowest BCUT2D eigenvalue weighted by molar-refractivity contribution is 0.463. The molecule has 1 aromatic heterocycles. The van der Waals surface area contributed by atoms with Crippen molar-refractivity contribution in [2.75, 3.05) is 10.5 Å². The summed E-state index contributed by atoms with van der Waals surface area (Å²) >= 11 is 0. The monoisotopic (exact) mass is 232 g/mol. The molecule has 0 saturated heterocycles. The van der Waals surface area contributed by atoms with Crippen molar-refractivity contribution in [1.82, 2.24) is 15.2 Å². The Hall–Kier alpha value is -1.11. The molecule has 0 aliphatic heterocycles. The maximum atomic E-state index is 11.6. The molecule has 1 aromatic rings. The van der Waals surface area contributed by atoms with Crippen molar-refractivity contribution in [3.63, 3.8) is 0 Å². The lowest BCUT2D eigenvalue weighted by Gasteiger charge is -2.17. The van der Waals surface area contributed by atoms with Crippen LogP contribution in [-0.2, 0) is 10.0 Å². The summed E-state index contributed by atoms with van der Waals surface area (Å²) in [6, 6.07) is 0. The van der Waals surface area contributed by atoms with Crippen molar-refractivity contribution < 1.29 is 8.42 Å². The molecule has 1 heterocycles. The second-order valence-corrected chi connectivity index (χ2v) is 6.39. The zero-order valence-corrected chi connectivity index (χ0v) is 10.1. The van der Waals surface area contributed by atoms with E-state index < -0.39 is 10.0 Å². The van der Waals surface area contributed by atoms with Crippen molar-refractivity contribution in [1.29, 1.82) is 0 Å². The number of rotatable bonds is 3. The van der Waals surface area contributed by atoms with Crippen molar-refractivity contribution in [3.8, 4) is 0 Å². The molecule has 86 valence electrons. The second kappa shape index (κ2) is 3.80. The van der Waals surface area contributed by atoms with E-state index in [9.17, 15) is 8.42 Å². The molecule has 6 nitrogen and oxygen atoms in total. The van der Waals surface area contributed by atoms with Gasteiger partial charge in [-0.2, -0.15) is 4.98 Å². The number of hydrogen-bond acceptors (Lipinski definition) is 4. The Labute approximate surface area is 89.5 Å². The first-order valence-electron chi connectivity index (χ1n) is 4.57. The highest BCUT2D eigenvalue weighted by Gasteiger charge is 2.22. The lowest BCUT2D eigenvalue weighted by Crippen LogP contribution is -2.26. The maximum absolute atomic E-state index is 11.6. The number of anilines is 1. The van der Waals surface area contributed by atoms with E-state index in [1.165, 1.54) is 0 Å². The topological polar surface area (TPSA) is 87.7 Å². The van der Waals surface area contributed by atoms with E-state index in [1.54, 1.807) is 6.92 Å². The van der Waals surface area contributed by atoms with Crippen LogP contribution in [0.4, 0.5) is 5.95 Å². The summed E-state index contributed by atoms with van der Waals surface area (Å²) < 4.78 is 25.6. The van der Waals surface area contributed by atoms with E-state index in [0.717, 1.165) is 0 Å². The summed E-state index contributed by atoms with van der Waals surface area (Å²) in [6.45, 7) is 7.27. The predicted molar refractivity (Wildman–Crippen MR) is 58.0 cm³/mol. The van der Waals surface area contributed by atoms with Crippen LogP contribution in [0.15, 0.2) is 0 Å². The normalized spacial score (nSPS) is 12.8. The van der Waals surface area contributed by atoms with Crippen LogP contribution in [-0.4, -0.2) is 29.4 Å². The minimum absolute atomic E-state index is 0.0353. The summed E-state index contributed by atoms with van der Waals surface area (Å²) in [5.41, 5.74) is -0.294. The van der Waals surface area contributed by atoms with Gasteiger partial charge in [0.15, 0.2) is 0 Å². The van der Waals surface area contributed by atoms with Crippen LogP contribution in [0, 0.1) is 12.3 Å². The van der Waals surface area contributed by atoms with Gasteiger partial charge in [-0.25, -0.2) is 13.1 Å². The first-order valence-corrected chi connectivity index (χ1v) is 6.23. The first kappa shape index (κ1) is 12.0. The molecule has 1 rings (SSSR count). The third-order valence-corrected chi connectivity index (χ3v) is 3.21. The minimum Gasteiger partial charge on any atom is -0.261 e. The predicted octanol–water partition coefficient (Wildman–Crippen LogP) is 0.901. The second-order valence-electron chi connectivity index (χ2n) is 4.67. The van der Waals surface area contributed by atoms with E-state index in [0.29, 0.717) is 5.82 Å². The molecule has 2 N–H and O–H groups in total. The van der Waals surface area contributed by atoms with Crippen molar-refractivity contribution >= 4 is 16.0 Å². The molecule has 0 unspecified atom stereocenters. The molecule has 0 spiro atoms. The van der Waals surface area contributed by atoms with E-state index in [1.807, 2.05) is 20.8 Å². The number of aromatic nitrogens is 3. The van der Waals surface area contributed by atoms with Gasteiger partial charge in [-0.05, 0) is 12.3 Å². The Morgan fingerprint density at radius 3 is 2.40 bits per heavy atom. The summed E-state index contributed by atoms with van der Waals surface area (Å²) in [5, 5.41) is 6.27. The van der Waals surface area contributed by atoms with Gasteiger partial charge in [-0.15, -0.1) is 5.10 Å². The van der Waals surface area contributed by atoms with Gasteiger partial charge in [0.1, 0.15) is 5.82 Å². The van der Waals surface area contributed by atoms with Gasteiger partial charge < -0.3 is 0 Å². The maximum Gasteiger partial charge on any atom is 0.255 e. The lowest BCUT2D eigenvalue weighted by atomic mass is 10.0. The fraction of sp³-hybridized carbons (Fsp3) is 0.750. The van der Waals surface area contributed by atoms with Crippen LogP contribution in [0.25, 0.3) is 0 Å². The van der Waals surface area contributed by atoms with E-state index in [4.69, 9.17) is 0 Å².